The van der Waals surface area contributed by atoms with Crippen molar-refractivity contribution in [2.75, 3.05) is 12.0 Å². The molecule has 1 unspecified atom stereocenters. The fourth-order valence-electron chi connectivity index (χ4n) is 4.34. The topological polar surface area (TPSA) is 54.7 Å². The van der Waals surface area contributed by atoms with Crippen LogP contribution in [0.1, 0.15) is 27.7 Å². The van der Waals surface area contributed by atoms with Crippen LogP contribution in [0.25, 0.3) is 10.9 Å². The zero-order valence-electron chi connectivity index (χ0n) is 16.2. The number of carbonyl (C=O) groups excluding carboxylic acids is 1. The molecule has 5 nitrogen and oxygen atoms in total. The van der Waals surface area contributed by atoms with E-state index in [0.29, 0.717) is 11.3 Å². The molecule has 0 radical (unpaired) electrons. The van der Waals surface area contributed by atoms with E-state index in [9.17, 15) is 9.90 Å². The molecule has 0 bridgehead atoms. The number of phenolic OH excluding ortho intramolecular Hbond substituents is 1. The summed E-state index contributed by atoms with van der Waals surface area (Å²) < 4.78 is 7.21. The Labute approximate surface area is 168 Å². The first kappa shape index (κ1) is 17.4. The number of carbonyl (C=O) groups is 1. The van der Waals surface area contributed by atoms with Crippen molar-refractivity contribution >= 4 is 22.5 Å². The van der Waals surface area contributed by atoms with Crippen LogP contribution in [0.15, 0.2) is 72.8 Å². The quantitative estimate of drug-likeness (QED) is 0.560. The van der Waals surface area contributed by atoms with Gasteiger partial charge in [0.05, 0.1) is 13.2 Å². The number of methoxy groups -OCH3 is 1. The van der Waals surface area contributed by atoms with Crippen molar-refractivity contribution in [3.05, 3.63) is 89.6 Å². The van der Waals surface area contributed by atoms with Gasteiger partial charge in [-0.1, -0.05) is 36.4 Å². The van der Waals surface area contributed by atoms with E-state index in [0.717, 1.165) is 27.9 Å². The first-order valence-corrected chi connectivity index (χ1v) is 9.44. The average Bonchev–Trinajstić information content (AvgIpc) is 3.22. The highest BCUT2D eigenvalue weighted by atomic mass is 16.5. The summed E-state index contributed by atoms with van der Waals surface area (Å²) in [6.45, 7) is 0. The van der Waals surface area contributed by atoms with E-state index in [1.807, 2.05) is 72.3 Å². The van der Waals surface area contributed by atoms with Crippen LogP contribution in [0, 0.1) is 0 Å². The summed E-state index contributed by atoms with van der Waals surface area (Å²) in [6.07, 6.45) is 0. The van der Waals surface area contributed by atoms with Gasteiger partial charge in [-0.3, -0.25) is 9.69 Å². The molecule has 1 atom stereocenters. The van der Waals surface area contributed by atoms with Gasteiger partial charge in [0, 0.05) is 34.8 Å². The summed E-state index contributed by atoms with van der Waals surface area (Å²) in [7, 11) is 3.53. The molecule has 1 N–H and O–H groups in total. The number of amides is 1. The molecule has 144 valence electrons. The molecule has 1 amide bonds. The van der Waals surface area contributed by atoms with Crippen molar-refractivity contribution in [3.8, 4) is 11.5 Å². The van der Waals surface area contributed by atoms with E-state index in [1.165, 1.54) is 0 Å². The SMILES string of the molecule is COc1ccc(N2C(=O)c3c(c4ccccc4n3C)C2c2ccccc2O)cc1. The zero-order valence-corrected chi connectivity index (χ0v) is 16.2. The molecule has 29 heavy (non-hydrogen) atoms. The van der Waals surface area contributed by atoms with Crippen molar-refractivity contribution < 1.29 is 14.6 Å². The van der Waals surface area contributed by atoms with E-state index < -0.39 is 6.04 Å². The van der Waals surface area contributed by atoms with E-state index in [2.05, 4.69) is 0 Å². The van der Waals surface area contributed by atoms with Gasteiger partial charge in [-0.15, -0.1) is 0 Å². The van der Waals surface area contributed by atoms with E-state index in [1.54, 1.807) is 24.1 Å². The fourth-order valence-corrected chi connectivity index (χ4v) is 4.34. The maximum Gasteiger partial charge on any atom is 0.276 e. The van der Waals surface area contributed by atoms with Crippen LogP contribution >= 0.6 is 0 Å². The molecule has 0 saturated carbocycles. The Morgan fingerprint density at radius 2 is 1.62 bits per heavy atom. The largest absolute Gasteiger partial charge is 0.508 e. The summed E-state index contributed by atoms with van der Waals surface area (Å²) in [5.41, 5.74) is 4.03. The summed E-state index contributed by atoms with van der Waals surface area (Å²) in [5, 5.41) is 11.7. The predicted octanol–water partition coefficient (Wildman–Crippen LogP) is 4.64. The summed E-state index contributed by atoms with van der Waals surface area (Å²) >= 11 is 0. The second-order valence-electron chi connectivity index (χ2n) is 7.17. The minimum atomic E-state index is -0.418. The van der Waals surface area contributed by atoms with Crippen LogP contribution in [0.5, 0.6) is 11.5 Å². The summed E-state index contributed by atoms with van der Waals surface area (Å²) in [5.74, 6) is 0.809. The van der Waals surface area contributed by atoms with Gasteiger partial charge in [0.1, 0.15) is 17.2 Å². The maximum absolute atomic E-state index is 13.6. The molecule has 0 saturated heterocycles. The van der Waals surface area contributed by atoms with E-state index in [-0.39, 0.29) is 11.7 Å². The lowest BCUT2D eigenvalue weighted by Gasteiger charge is -2.27. The molecular weight excluding hydrogens is 364 g/mol. The van der Waals surface area contributed by atoms with Crippen molar-refractivity contribution in [2.24, 2.45) is 7.05 Å². The molecule has 0 fully saturated rings. The highest BCUT2D eigenvalue weighted by Gasteiger charge is 2.43. The van der Waals surface area contributed by atoms with Gasteiger partial charge < -0.3 is 14.4 Å². The Morgan fingerprint density at radius 3 is 2.34 bits per heavy atom. The normalized spacial score (nSPS) is 15.7. The van der Waals surface area contributed by atoms with Crippen LogP contribution in [0.3, 0.4) is 0 Å². The van der Waals surface area contributed by atoms with Crippen LogP contribution < -0.4 is 9.64 Å². The van der Waals surface area contributed by atoms with Crippen LogP contribution in [-0.4, -0.2) is 22.7 Å². The lowest BCUT2D eigenvalue weighted by Crippen LogP contribution is -2.29. The van der Waals surface area contributed by atoms with Crippen LogP contribution in [0.2, 0.25) is 0 Å². The van der Waals surface area contributed by atoms with Gasteiger partial charge in [-0.2, -0.15) is 0 Å². The molecule has 5 heteroatoms. The van der Waals surface area contributed by atoms with Crippen LogP contribution in [0.4, 0.5) is 5.69 Å². The number of hydrogen-bond acceptors (Lipinski definition) is 3. The van der Waals surface area contributed by atoms with Crippen molar-refractivity contribution in [2.45, 2.75) is 6.04 Å². The minimum absolute atomic E-state index is 0.0860. The maximum atomic E-state index is 13.6. The predicted molar refractivity (Wildman–Crippen MR) is 113 cm³/mol. The summed E-state index contributed by atoms with van der Waals surface area (Å²) in [4.78, 5) is 15.4. The Kier molecular flexibility index (Phi) is 3.84. The van der Waals surface area contributed by atoms with Crippen LogP contribution in [-0.2, 0) is 7.05 Å². The number of para-hydroxylation sites is 2. The Balaban J connectivity index is 1.79. The molecular formula is C24H20N2O3. The van der Waals surface area contributed by atoms with Crippen molar-refractivity contribution in [1.82, 2.24) is 4.57 Å². The van der Waals surface area contributed by atoms with Crippen molar-refractivity contribution in [3.63, 3.8) is 0 Å². The molecule has 4 aromatic rings. The second-order valence-corrected chi connectivity index (χ2v) is 7.17. The molecule has 2 heterocycles. The summed E-state index contributed by atoms with van der Waals surface area (Å²) in [6, 6.07) is 22.2. The highest BCUT2D eigenvalue weighted by Crippen LogP contribution is 2.47. The van der Waals surface area contributed by atoms with Crippen molar-refractivity contribution in [1.29, 1.82) is 0 Å². The number of ether oxygens (including phenoxy) is 1. The van der Waals surface area contributed by atoms with Gasteiger partial charge in [0.25, 0.3) is 5.91 Å². The fraction of sp³-hybridized carbons (Fsp3) is 0.125. The Hall–Kier alpha value is -3.73. The zero-order chi connectivity index (χ0) is 20.1. The Bertz CT molecular complexity index is 1240. The van der Waals surface area contributed by atoms with Gasteiger partial charge in [-0.25, -0.2) is 0 Å². The number of rotatable bonds is 3. The third kappa shape index (κ3) is 2.44. The number of nitrogens with zero attached hydrogens (tertiary/aromatic N) is 2. The monoisotopic (exact) mass is 384 g/mol. The third-order valence-corrected chi connectivity index (χ3v) is 5.68. The van der Waals surface area contributed by atoms with Gasteiger partial charge >= 0.3 is 0 Å². The first-order chi connectivity index (χ1) is 14.1. The first-order valence-electron chi connectivity index (χ1n) is 9.44. The van der Waals surface area contributed by atoms with Gasteiger partial charge in [-0.05, 0) is 36.4 Å². The smallest absolute Gasteiger partial charge is 0.276 e. The second kappa shape index (κ2) is 6.41. The molecule has 1 aliphatic rings. The number of aryl methyl sites for hydroxylation is 1. The third-order valence-electron chi connectivity index (χ3n) is 5.68. The molecule has 0 spiro atoms. The standard InChI is InChI=1S/C24H20N2O3/c1-25-19-9-5-3-7-17(19)21-22(18-8-4-6-10-20(18)27)26(24(28)23(21)25)15-11-13-16(29-2)14-12-15/h3-14,22,27H,1-2H3. The lowest BCUT2D eigenvalue weighted by molar-refractivity contribution is 0.0986. The van der Waals surface area contributed by atoms with E-state index in [4.69, 9.17) is 4.74 Å². The number of aromatic hydroxyl groups is 1. The van der Waals surface area contributed by atoms with E-state index >= 15 is 0 Å². The molecule has 5 rings (SSSR count). The average molecular weight is 384 g/mol. The number of fused-ring (bicyclic) bond motifs is 3. The molecule has 3 aromatic carbocycles. The number of anilines is 1. The molecule has 0 aliphatic carbocycles. The number of aromatic nitrogens is 1. The molecule has 1 aromatic heterocycles. The highest BCUT2D eigenvalue weighted by molar-refractivity contribution is 6.15. The number of hydrogen-bond donors (Lipinski definition) is 1. The van der Waals surface area contributed by atoms with Gasteiger partial charge in [0.2, 0.25) is 0 Å². The lowest BCUT2D eigenvalue weighted by atomic mass is 9.97. The minimum Gasteiger partial charge on any atom is -0.508 e. The van der Waals surface area contributed by atoms with Gasteiger partial charge in [0.15, 0.2) is 0 Å². The Morgan fingerprint density at radius 1 is 0.931 bits per heavy atom. The number of benzene rings is 3. The number of phenols is 1. The molecule has 1 aliphatic heterocycles.